The number of amides is 1. The Bertz CT molecular complexity index is 777. The summed E-state index contributed by atoms with van der Waals surface area (Å²) in [5.74, 6) is 0.325. The van der Waals surface area contributed by atoms with Gasteiger partial charge < -0.3 is 14.4 Å². The number of carbonyl (C=O) groups excluding carboxylic acids is 1. The summed E-state index contributed by atoms with van der Waals surface area (Å²) in [5, 5.41) is 0.379. The Labute approximate surface area is 172 Å². The number of hydrogen-bond donors (Lipinski definition) is 0. The number of halogens is 1. The van der Waals surface area contributed by atoms with Gasteiger partial charge in [-0.3, -0.25) is 0 Å². The topological polar surface area (TPSA) is 76.2 Å². The van der Waals surface area contributed by atoms with E-state index in [1.54, 1.807) is 13.0 Å². The summed E-state index contributed by atoms with van der Waals surface area (Å²) in [6.07, 6.45) is 2.51. The molecule has 158 valence electrons. The van der Waals surface area contributed by atoms with E-state index in [9.17, 15) is 13.2 Å². The standard InChI is InChI=1S/C19H29ClN2O5S/c1-4-6-7-12-27-17-13-15(3)16(20)14-18(17)28(24,25)22-10-8-21(9-11-22)19(23)26-5-2/h13-14H,4-12H2,1-3H3. The normalized spacial score (nSPS) is 15.5. The molecule has 1 aliphatic heterocycles. The number of sulfonamides is 1. The molecule has 9 heteroatoms. The summed E-state index contributed by atoms with van der Waals surface area (Å²) in [4.78, 5) is 13.4. The summed E-state index contributed by atoms with van der Waals surface area (Å²) in [6, 6.07) is 3.13. The van der Waals surface area contributed by atoms with Crippen molar-refractivity contribution in [1.82, 2.24) is 9.21 Å². The van der Waals surface area contributed by atoms with E-state index in [4.69, 9.17) is 21.1 Å². The molecule has 1 aromatic carbocycles. The summed E-state index contributed by atoms with van der Waals surface area (Å²) in [6.45, 7) is 7.35. The lowest BCUT2D eigenvalue weighted by Crippen LogP contribution is -2.50. The second-order valence-electron chi connectivity index (χ2n) is 6.69. The molecular weight excluding hydrogens is 404 g/mol. The smallest absolute Gasteiger partial charge is 0.409 e. The van der Waals surface area contributed by atoms with Crippen LogP contribution in [0.4, 0.5) is 4.79 Å². The van der Waals surface area contributed by atoms with Crippen LogP contribution in [0.1, 0.15) is 38.7 Å². The average molecular weight is 433 g/mol. The third kappa shape index (κ3) is 5.52. The molecule has 7 nitrogen and oxygen atoms in total. The second kappa shape index (κ2) is 10.3. The van der Waals surface area contributed by atoms with E-state index in [0.717, 1.165) is 24.8 Å². The Morgan fingerprint density at radius 3 is 2.43 bits per heavy atom. The minimum Gasteiger partial charge on any atom is -0.492 e. The highest BCUT2D eigenvalue weighted by Crippen LogP contribution is 2.33. The van der Waals surface area contributed by atoms with E-state index in [0.29, 0.717) is 17.4 Å². The fourth-order valence-electron chi connectivity index (χ4n) is 2.95. The number of benzene rings is 1. The Balaban J connectivity index is 2.18. The molecule has 0 saturated carbocycles. The van der Waals surface area contributed by atoms with E-state index in [2.05, 4.69) is 6.92 Å². The van der Waals surface area contributed by atoms with E-state index >= 15 is 0 Å². The molecule has 28 heavy (non-hydrogen) atoms. The van der Waals surface area contributed by atoms with E-state index in [1.807, 2.05) is 6.92 Å². The first-order chi connectivity index (χ1) is 13.3. The van der Waals surface area contributed by atoms with Gasteiger partial charge in [-0.05, 0) is 38.0 Å². The average Bonchev–Trinajstić information content (AvgIpc) is 2.68. The van der Waals surface area contributed by atoms with Crippen LogP contribution in [0, 0.1) is 6.92 Å². The number of hydrogen-bond acceptors (Lipinski definition) is 5. The lowest BCUT2D eigenvalue weighted by molar-refractivity contribution is 0.0933. The van der Waals surface area contributed by atoms with Crippen molar-refractivity contribution in [3.63, 3.8) is 0 Å². The molecule has 1 heterocycles. The number of carbonyl (C=O) groups is 1. The summed E-state index contributed by atoms with van der Waals surface area (Å²) >= 11 is 6.21. The predicted molar refractivity (Wildman–Crippen MR) is 109 cm³/mol. The van der Waals surface area contributed by atoms with Crippen molar-refractivity contribution in [2.75, 3.05) is 39.4 Å². The molecule has 1 saturated heterocycles. The van der Waals surface area contributed by atoms with Crippen LogP contribution in [-0.4, -0.2) is 63.1 Å². The minimum absolute atomic E-state index is 0.0733. The van der Waals surface area contributed by atoms with Crippen molar-refractivity contribution in [3.8, 4) is 5.75 Å². The van der Waals surface area contributed by atoms with Gasteiger partial charge in [0.15, 0.2) is 0 Å². The summed E-state index contributed by atoms with van der Waals surface area (Å²) in [5.41, 5.74) is 0.762. The molecule has 0 radical (unpaired) electrons. The zero-order valence-electron chi connectivity index (χ0n) is 16.7. The number of unbranched alkanes of at least 4 members (excludes halogenated alkanes) is 2. The molecule has 0 unspecified atom stereocenters. The first-order valence-electron chi connectivity index (χ1n) is 9.66. The van der Waals surface area contributed by atoms with Crippen LogP contribution in [0.15, 0.2) is 17.0 Å². The molecule has 1 amide bonds. The van der Waals surface area contributed by atoms with Crippen LogP contribution < -0.4 is 4.74 Å². The zero-order chi connectivity index (χ0) is 20.7. The molecule has 1 aromatic rings. The van der Waals surface area contributed by atoms with Gasteiger partial charge in [0, 0.05) is 31.2 Å². The van der Waals surface area contributed by atoms with Gasteiger partial charge in [0.05, 0.1) is 13.2 Å². The largest absolute Gasteiger partial charge is 0.492 e. The SMILES string of the molecule is CCCCCOc1cc(C)c(Cl)cc1S(=O)(=O)N1CCN(C(=O)OCC)CC1. The van der Waals surface area contributed by atoms with Crippen molar-refractivity contribution in [1.29, 1.82) is 0 Å². The fourth-order valence-corrected chi connectivity index (χ4v) is 4.74. The Kier molecular flexibility index (Phi) is 8.39. The van der Waals surface area contributed by atoms with Gasteiger partial charge in [-0.1, -0.05) is 31.4 Å². The maximum Gasteiger partial charge on any atom is 0.409 e. The minimum atomic E-state index is -3.79. The number of nitrogens with zero attached hydrogens (tertiary/aromatic N) is 2. The Morgan fingerprint density at radius 2 is 1.82 bits per heavy atom. The van der Waals surface area contributed by atoms with Crippen LogP contribution in [0.2, 0.25) is 5.02 Å². The monoisotopic (exact) mass is 432 g/mol. The van der Waals surface area contributed by atoms with Gasteiger partial charge in [0.1, 0.15) is 10.6 Å². The first kappa shape index (κ1) is 22.8. The number of ether oxygens (including phenoxy) is 2. The van der Waals surface area contributed by atoms with Gasteiger partial charge in [0.25, 0.3) is 0 Å². The summed E-state index contributed by atoms with van der Waals surface area (Å²) < 4.78 is 38.6. The van der Waals surface area contributed by atoms with Crippen LogP contribution in [-0.2, 0) is 14.8 Å². The van der Waals surface area contributed by atoms with E-state index in [1.165, 1.54) is 15.3 Å². The van der Waals surface area contributed by atoms with Crippen molar-refractivity contribution in [3.05, 3.63) is 22.7 Å². The predicted octanol–water partition coefficient (Wildman–Crippen LogP) is 3.68. The van der Waals surface area contributed by atoms with E-state index < -0.39 is 16.1 Å². The lowest BCUT2D eigenvalue weighted by Gasteiger charge is -2.33. The van der Waals surface area contributed by atoms with Gasteiger partial charge in [-0.25, -0.2) is 13.2 Å². The van der Waals surface area contributed by atoms with Gasteiger partial charge in [0.2, 0.25) is 10.0 Å². The summed E-state index contributed by atoms with van der Waals surface area (Å²) in [7, 11) is -3.79. The molecule has 1 fully saturated rings. The van der Waals surface area contributed by atoms with Crippen LogP contribution in [0.3, 0.4) is 0 Å². The Hall–Kier alpha value is -1.51. The molecule has 2 rings (SSSR count). The van der Waals surface area contributed by atoms with Crippen LogP contribution >= 0.6 is 11.6 Å². The highest BCUT2D eigenvalue weighted by Gasteiger charge is 2.33. The van der Waals surface area contributed by atoms with Crippen molar-refractivity contribution in [2.24, 2.45) is 0 Å². The van der Waals surface area contributed by atoms with Gasteiger partial charge in [-0.2, -0.15) is 4.31 Å². The number of aryl methyl sites for hydroxylation is 1. The quantitative estimate of drug-likeness (QED) is 0.585. The zero-order valence-corrected chi connectivity index (χ0v) is 18.3. The fraction of sp³-hybridized carbons (Fsp3) is 0.632. The van der Waals surface area contributed by atoms with Gasteiger partial charge in [-0.15, -0.1) is 0 Å². The molecule has 0 spiro atoms. The van der Waals surface area contributed by atoms with Crippen molar-refractivity contribution < 1.29 is 22.7 Å². The van der Waals surface area contributed by atoms with Crippen molar-refractivity contribution >= 4 is 27.7 Å². The number of rotatable bonds is 8. The second-order valence-corrected chi connectivity index (χ2v) is 9.01. The molecule has 0 aliphatic carbocycles. The van der Waals surface area contributed by atoms with Gasteiger partial charge >= 0.3 is 6.09 Å². The molecule has 0 N–H and O–H groups in total. The lowest BCUT2D eigenvalue weighted by atomic mass is 10.2. The third-order valence-corrected chi connectivity index (χ3v) is 6.94. The first-order valence-corrected chi connectivity index (χ1v) is 11.5. The molecule has 0 aromatic heterocycles. The molecular formula is C19H29ClN2O5S. The number of piperazine rings is 1. The molecule has 0 bridgehead atoms. The Morgan fingerprint density at radius 1 is 1.14 bits per heavy atom. The van der Waals surface area contributed by atoms with E-state index in [-0.39, 0.29) is 37.7 Å². The van der Waals surface area contributed by atoms with Crippen LogP contribution in [0.5, 0.6) is 5.75 Å². The highest BCUT2D eigenvalue weighted by atomic mass is 35.5. The highest BCUT2D eigenvalue weighted by molar-refractivity contribution is 7.89. The maximum absolute atomic E-state index is 13.2. The van der Waals surface area contributed by atoms with Crippen molar-refractivity contribution in [2.45, 2.75) is 44.9 Å². The third-order valence-electron chi connectivity index (χ3n) is 4.61. The maximum atomic E-state index is 13.2. The molecule has 1 aliphatic rings. The molecule has 0 atom stereocenters. The van der Waals surface area contributed by atoms with Crippen LogP contribution in [0.25, 0.3) is 0 Å².